The van der Waals surface area contributed by atoms with Crippen LogP contribution in [-0.2, 0) is 24.4 Å². The van der Waals surface area contributed by atoms with Gasteiger partial charge in [-0.2, -0.15) is 0 Å². The quantitative estimate of drug-likeness (QED) is 0.474. The molecule has 0 N–H and O–H groups in total. The van der Waals surface area contributed by atoms with Crippen molar-refractivity contribution in [1.29, 1.82) is 0 Å². The number of fused-ring (bicyclic) bond motifs is 4. The van der Waals surface area contributed by atoms with Crippen molar-refractivity contribution in [3.8, 4) is 0 Å². The van der Waals surface area contributed by atoms with E-state index >= 15 is 0 Å². The van der Waals surface area contributed by atoms with E-state index < -0.39 is 41.4 Å². The third-order valence-electron chi connectivity index (χ3n) is 9.16. The molecule has 4 aliphatic carbocycles. The highest BCUT2D eigenvalue weighted by molar-refractivity contribution is 7.96. The molecule has 3 saturated carbocycles. The topological polar surface area (TPSA) is 80.8 Å². The second-order valence-corrected chi connectivity index (χ2v) is 14.8. The molecule has 1 saturated heterocycles. The summed E-state index contributed by atoms with van der Waals surface area (Å²) in [6, 6.07) is 16.6. The fourth-order valence-corrected chi connectivity index (χ4v) is 13.4. The molecule has 5 aliphatic rings. The van der Waals surface area contributed by atoms with Crippen molar-refractivity contribution in [2.75, 3.05) is 0 Å². The first-order valence-electron chi connectivity index (χ1n) is 11.8. The Labute approximate surface area is 200 Å². The molecule has 4 fully saturated rings. The van der Waals surface area contributed by atoms with E-state index in [1.807, 2.05) is 0 Å². The van der Waals surface area contributed by atoms with Crippen LogP contribution in [0.25, 0.3) is 0 Å². The van der Waals surface area contributed by atoms with E-state index in [9.17, 15) is 16.8 Å². The van der Waals surface area contributed by atoms with Crippen LogP contribution in [-0.4, -0.2) is 38.5 Å². The van der Waals surface area contributed by atoms with E-state index in [-0.39, 0.29) is 33.5 Å². The van der Waals surface area contributed by atoms with Crippen LogP contribution in [0.5, 0.6) is 0 Å². The fourth-order valence-electron chi connectivity index (χ4n) is 8.21. The van der Waals surface area contributed by atoms with Gasteiger partial charge in [-0.3, -0.25) is 0 Å². The van der Waals surface area contributed by atoms with Gasteiger partial charge in [-0.05, 0) is 44.5 Å². The zero-order valence-corrected chi connectivity index (χ0v) is 20.6. The monoisotopic (exact) mass is 494 g/mol. The second-order valence-electron chi connectivity index (χ2n) is 10.6. The molecule has 176 valence electrons. The van der Waals surface area contributed by atoms with Crippen molar-refractivity contribution >= 4 is 19.7 Å². The Hall–Kier alpha value is -2.22. The molecule has 7 heteroatoms. The molecule has 0 aromatic heterocycles. The first-order chi connectivity index (χ1) is 16.2. The summed E-state index contributed by atoms with van der Waals surface area (Å²) in [7, 11) is -7.83. The number of allylic oxidation sites excluding steroid dienone is 1. The van der Waals surface area contributed by atoms with Crippen LogP contribution in [0.2, 0.25) is 0 Å². The molecule has 5 nitrogen and oxygen atoms in total. The SMILES string of the molecule is CC(C)=C1C2C=CC1C13OC21C1CC3C(S(=O)(=O)c2ccccc2)C1S(=O)(=O)c1ccccc1. The van der Waals surface area contributed by atoms with Gasteiger partial charge in [-0.15, -0.1) is 0 Å². The van der Waals surface area contributed by atoms with Gasteiger partial charge in [0.1, 0.15) is 11.2 Å². The third kappa shape index (κ3) is 2.12. The molecule has 8 unspecified atom stereocenters. The minimum atomic E-state index is -3.92. The summed E-state index contributed by atoms with van der Waals surface area (Å²) < 4.78 is 63.1. The van der Waals surface area contributed by atoms with Crippen LogP contribution < -0.4 is 0 Å². The molecule has 0 amide bonds. The molecule has 34 heavy (non-hydrogen) atoms. The Kier molecular flexibility index (Phi) is 3.91. The highest BCUT2D eigenvalue weighted by Gasteiger charge is 2.95. The lowest BCUT2D eigenvalue weighted by Crippen LogP contribution is -2.54. The third-order valence-corrected chi connectivity index (χ3v) is 13.9. The molecule has 0 radical (unpaired) electrons. The normalized spacial score (nSPS) is 40.9. The molecular weight excluding hydrogens is 468 g/mol. The Morgan fingerprint density at radius 2 is 1.15 bits per heavy atom. The van der Waals surface area contributed by atoms with Crippen LogP contribution in [0.3, 0.4) is 0 Å². The number of epoxide rings is 1. The molecule has 1 aliphatic heterocycles. The van der Waals surface area contributed by atoms with Gasteiger partial charge in [0.15, 0.2) is 19.7 Å². The van der Waals surface area contributed by atoms with Gasteiger partial charge in [0, 0.05) is 23.7 Å². The van der Waals surface area contributed by atoms with E-state index in [2.05, 4.69) is 26.0 Å². The average molecular weight is 495 g/mol. The number of ether oxygens (including phenoxy) is 1. The smallest absolute Gasteiger partial charge is 0.182 e. The van der Waals surface area contributed by atoms with Crippen molar-refractivity contribution < 1.29 is 21.6 Å². The largest absolute Gasteiger partial charge is 0.360 e. The molecule has 2 aromatic carbocycles. The first kappa shape index (κ1) is 21.1. The van der Waals surface area contributed by atoms with Crippen molar-refractivity contribution in [3.63, 3.8) is 0 Å². The second kappa shape index (κ2) is 6.31. The number of sulfone groups is 2. The van der Waals surface area contributed by atoms with E-state index in [1.165, 1.54) is 11.1 Å². The summed E-state index contributed by atoms with van der Waals surface area (Å²) in [4.78, 5) is 0.370. The van der Waals surface area contributed by atoms with Crippen LogP contribution >= 0.6 is 0 Å². The Morgan fingerprint density at radius 3 is 1.53 bits per heavy atom. The van der Waals surface area contributed by atoms with Gasteiger partial charge >= 0.3 is 0 Å². The molecular formula is C27H26O5S2. The lowest BCUT2D eigenvalue weighted by molar-refractivity contribution is 0.121. The van der Waals surface area contributed by atoms with Gasteiger partial charge < -0.3 is 4.74 Å². The van der Waals surface area contributed by atoms with Crippen LogP contribution in [0.1, 0.15) is 20.3 Å². The summed E-state index contributed by atoms with van der Waals surface area (Å²) in [6.07, 6.45) is 4.91. The maximum absolute atomic E-state index is 14.1. The summed E-state index contributed by atoms with van der Waals surface area (Å²) in [5, 5.41) is -2.07. The van der Waals surface area contributed by atoms with Crippen molar-refractivity contribution in [2.45, 2.75) is 51.8 Å². The van der Waals surface area contributed by atoms with Gasteiger partial charge in [0.05, 0.1) is 20.3 Å². The maximum atomic E-state index is 14.1. The summed E-state index contributed by atoms with van der Waals surface area (Å²) in [5.74, 6) is -0.654. The van der Waals surface area contributed by atoms with Crippen molar-refractivity contribution in [3.05, 3.63) is 84.0 Å². The Morgan fingerprint density at radius 1 is 0.735 bits per heavy atom. The average Bonchev–Trinajstić information content (AvgIpc) is 3.15. The molecule has 4 bridgehead atoms. The van der Waals surface area contributed by atoms with Gasteiger partial charge in [0.25, 0.3) is 0 Å². The lowest BCUT2D eigenvalue weighted by atomic mass is 9.73. The summed E-state index contributed by atoms with van der Waals surface area (Å²) in [6.45, 7) is 4.18. The molecule has 0 spiro atoms. The van der Waals surface area contributed by atoms with Crippen LogP contribution in [0, 0.1) is 23.7 Å². The van der Waals surface area contributed by atoms with E-state index in [4.69, 9.17) is 4.74 Å². The summed E-state index contributed by atoms with van der Waals surface area (Å²) in [5.41, 5.74) is 1.33. The predicted molar refractivity (Wildman–Crippen MR) is 127 cm³/mol. The molecule has 7 rings (SSSR count). The first-order valence-corrected chi connectivity index (χ1v) is 14.9. The number of benzene rings is 2. The van der Waals surface area contributed by atoms with Gasteiger partial charge in [0.2, 0.25) is 0 Å². The standard InChI is InChI=1S/C27H26O5S2/c1-16(2)23-19-13-14-20(23)27-22-15-21(26(19,27)32-27)24(33(28,29)17-9-5-3-6-10-17)25(22)34(30,31)18-11-7-4-8-12-18/h3-14,19-22,24-25H,15H2,1-2H3. The molecule has 1 heterocycles. The number of rotatable bonds is 4. The summed E-state index contributed by atoms with van der Waals surface area (Å²) >= 11 is 0. The molecule has 2 aromatic rings. The minimum absolute atomic E-state index is 0.0337. The van der Waals surface area contributed by atoms with E-state index in [0.717, 1.165) is 0 Å². The van der Waals surface area contributed by atoms with E-state index in [1.54, 1.807) is 60.7 Å². The highest BCUT2D eigenvalue weighted by Crippen LogP contribution is 2.85. The van der Waals surface area contributed by atoms with Crippen molar-refractivity contribution in [1.82, 2.24) is 0 Å². The molecule has 8 atom stereocenters. The zero-order chi connectivity index (χ0) is 23.7. The van der Waals surface area contributed by atoms with Crippen LogP contribution in [0.15, 0.2) is 93.8 Å². The zero-order valence-electron chi connectivity index (χ0n) is 19.0. The fraction of sp³-hybridized carbons (Fsp3) is 0.407. The van der Waals surface area contributed by atoms with E-state index in [0.29, 0.717) is 6.42 Å². The van der Waals surface area contributed by atoms with Gasteiger partial charge in [-0.25, -0.2) is 16.8 Å². The highest BCUT2D eigenvalue weighted by atomic mass is 32.2. The van der Waals surface area contributed by atoms with Crippen molar-refractivity contribution in [2.24, 2.45) is 23.7 Å². The minimum Gasteiger partial charge on any atom is -0.360 e. The Balaban J connectivity index is 1.46. The van der Waals surface area contributed by atoms with Gasteiger partial charge in [-0.1, -0.05) is 59.7 Å². The number of hydrogen-bond acceptors (Lipinski definition) is 5. The van der Waals surface area contributed by atoms with Crippen LogP contribution in [0.4, 0.5) is 0 Å². The Bertz CT molecular complexity index is 1380. The maximum Gasteiger partial charge on any atom is 0.182 e. The lowest BCUT2D eigenvalue weighted by Gasteiger charge is -2.36. The predicted octanol–water partition coefficient (Wildman–Crippen LogP) is 3.98. The number of hydrogen-bond donors (Lipinski definition) is 0.